The van der Waals surface area contributed by atoms with E-state index in [1.807, 2.05) is 55.5 Å². The highest BCUT2D eigenvalue weighted by molar-refractivity contribution is 7.89. The molecule has 202 valence electrons. The van der Waals surface area contributed by atoms with Crippen molar-refractivity contribution in [3.8, 4) is 23.3 Å². The number of hydrogen-bond acceptors (Lipinski definition) is 5. The molecule has 0 fully saturated rings. The maximum absolute atomic E-state index is 13.1. The molecule has 1 atom stereocenters. The van der Waals surface area contributed by atoms with E-state index >= 15 is 0 Å². The molecule has 4 rings (SSSR count). The van der Waals surface area contributed by atoms with Gasteiger partial charge in [0.1, 0.15) is 24.1 Å². The van der Waals surface area contributed by atoms with Crippen LogP contribution in [0.15, 0.2) is 77.7 Å². The Hall–Kier alpha value is -4.26. The quantitative estimate of drug-likeness (QED) is 0.271. The largest absolute Gasteiger partial charge is 0.496 e. The lowest BCUT2D eigenvalue weighted by Gasteiger charge is -2.16. The maximum atomic E-state index is 13.1. The molecule has 2 N–H and O–H groups in total. The van der Waals surface area contributed by atoms with Gasteiger partial charge in [-0.25, -0.2) is 8.42 Å². The fourth-order valence-corrected chi connectivity index (χ4v) is 5.70. The highest BCUT2D eigenvalue weighted by Crippen LogP contribution is 2.30. The van der Waals surface area contributed by atoms with E-state index in [4.69, 9.17) is 9.47 Å². The number of aromatic nitrogens is 1. The van der Waals surface area contributed by atoms with Crippen molar-refractivity contribution in [3.63, 3.8) is 0 Å². The minimum Gasteiger partial charge on any atom is -0.496 e. The smallest absolute Gasteiger partial charge is 0.322 e. The third-order valence-corrected chi connectivity index (χ3v) is 8.00. The number of carboxylic acid groups (broad SMARTS) is 1. The Morgan fingerprint density at radius 1 is 1.05 bits per heavy atom. The van der Waals surface area contributed by atoms with E-state index in [0.717, 1.165) is 33.5 Å². The highest BCUT2D eigenvalue weighted by atomic mass is 32.2. The zero-order chi connectivity index (χ0) is 28.0. The molecule has 0 spiro atoms. The molecule has 0 aliphatic rings. The zero-order valence-corrected chi connectivity index (χ0v) is 22.8. The van der Waals surface area contributed by atoms with Crippen LogP contribution in [-0.2, 0) is 27.8 Å². The minimum atomic E-state index is -4.12. The van der Waals surface area contributed by atoms with Gasteiger partial charge in [-0.2, -0.15) is 4.72 Å². The van der Waals surface area contributed by atoms with Gasteiger partial charge in [-0.3, -0.25) is 4.79 Å². The number of sulfonamides is 1. The number of benzene rings is 3. The van der Waals surface area contributed by atoms with E-state index in [1.54, 1.807) is 14.0 Å². The van der Waals surface area contributed by atoms with Crippen LogP contribution >= 0.6 is 0 Å². The van der Waals surface area contributed by atoms with E-state index in [0.29, 0.717) is 12.3 Å². The standard InChI is InChI=1S/C30H30N2O6S/c1-4-5-18-38-23-14-16-24(17-15-23)39(35,36)31-27(30(33)34)19-26-21(2)32(28-12-8-7-11-25(26)28)20-22-10-6-9-13-29(22)37-3/h6-17,27,31H,18-20H2,1-3H3,(H,33,34). The second-order valence-corrected chi connectivity index (χ2v) is 10.6. The van der Waals surface area contributed by atoms with Gasteiger partial charge < -0.3 is 19.1 Å². The normalized spacial score (nSPS) is 12.0. The molecule has 1 unspecified atom stereocenters. The predicted octanol–water partition coefficient (Wildman–Crippen LogP) is 4.38. The second kappa shape index (κ2) is 12.1. The number of nitrogens with one attached hydrogen (secondary N) is 1. The van der Waals surface area contributed by atoms with Crippen LogP contribution in [0.5, 0.6) is 11.5 Å². The number of aliphatic carboxylic acids is 1. The minimum absolute atomic E-state index is 0.0310. The molecule has 8 nitrogen and oxygen atoms in total. The molecular weight excluding hydrogens is 516 g/mol. The van der Waals surface area contributed by atoms with Crippen LogP contribution in [0.1, 0.15) is 23.7 Å². The summed E-state index contributed by atoms with van der Waals surface area (Å²) in [5, 5.41) is 10.9. The zero-order valence-electron chi connectivity index (χ0n) is 22.0. The third kappa shape index (κ3) is 6.25. The molecule has 0 saturated heterocycles. The average Bonchev–Trinajstić information content (AvgIpc) is 3.19. The predicted molar refractivity (Wildman–Crippen MR) is 150 cm³/mol. The Bertz CT molecular complexity index is 1650. The van der Waals surface area contributed by atoms with Gasteiger partial charge >= 0.3 is 5.97 Å². The van der Waals surface area contributed by atoms with Gasteiger partial charge in [-0.15, -0.1) is 5.92 Å². The number of fused-ring (bicyclic) bond motifs is 1. The van der Waals surface area contributed by atoms with Crippen molar-refractivity contribution in [1.82, 2.24) is 9.29 Å². The SMILES string of the molecule is CC#CCOc1ccc(S(=O)(=O)NC(Cc2c(C)n(Cc3ccccc3OC)c3ccccc23)C(=O)O)cc1. The molecule has 0 amide bonds. The molecule has 0 aliphatic heterocycles. The van der Waals surface area contributed by atoms with Crippen LogP contribution in [0.25, 0.3) is 10.9 Å². The van der Waals surface area contributed by atoms with Crippen LogP contribution in [0.3, 0.4) is 0 Å². The number of para-hydroxylation sites is 2. The summed E-state index contributed by atoms with van der Waals surface area (Å²) < 4.78 is 41.7. The molecule has 39 heavy (non-hydrogen) atoms. The van der Waals surface area contributed by atoms with Gasteiger partial charge in [0, 0.05) is 28.6 Å². The van der Waals surface area contributed by atoms with Gasteiger partial charge in [0.05, 0.1) is 18.6 Å². The number of rotatable bonds is 11. The van der Waals surface area contributed by atoms with Crippen molar-refractivity contribution in [2.75, 3.05) is 13.7 Å². The van der Waals surface area contributed by atoms with Crippen LogP contribution in [0.4, 0.5) is 0 Å². The van der Waals surface area contributed by atoms with Gasteiger partial charge in [0.15, 0.2) is 0 Å². The first-order valence-electron chi connectivity index (χ1n) is 12.3. The van der Waals surface area contributed by atoms with Crippen molar-refractivity contribution in [2.24, 2.45) is 0 Å². The Morgan fingerprint density at radius 2 is 1.74 bits per heavy atom. The molecule has 0 radical (unpaired) electrons. The first-order valence-corrected chi connectivity index (χ1v) is 13.8. The summed E-state index contributed by atoms with van der Waals surface area (Å²) in [7, 11) is -2.50. The van der Waals surface area contributed by atoms with Crippen LogP contribution in [-0.4, -0.2) is 43.8 Å². The van der Waals surface area contributed by atoms with E-state index in [1.165, 1.54) is 24.3 Å². The van der Waals surface area contributed by atoms with Gasteiger partial charge in [0.25, 0.3) is 0 Å². The summed E-state index contributed by atoms with van der Waals surface area (Å²) in [6.45, 7) is 4.31. The fourth-order valence-electron chi connectivity index (χ4n) is 4.51. The van der Waals surface area contributed by atoms with E-state index < -0.39 is 22.0 Å². The van der Waals surface area contributed by atoms with Crippen LogP contribution < -0.4 is 14.2 Å². The Balaban J connectivity index is 1.63. The van der Waals surface area contributed by atoms with Gasteiger partial charge in [0.2, 0.25) is 10.0 Å². The molecule has 9 heteroatoms. The van der Waals surface area contributed by atoms with Crippen molar-refractivity contribution in [2.45, 2.75) is 37.8 Å². The summed E-state index contributed by atoms with van der Waals surface area (Å²) >= 11 is 0. The van der Waals surface area contributed by atoms with Crippen molar-refractivity contribution >= 4 is 26.9 Å². The number of carbonyl (C=O) groups is 1. The van der Waals surface area contributed by atoms with E-state index in [9.17, 15) is 18.3 Å². The topological polar surface area (TPSA) is 107 Å². The van der Waals surface area contributed by atoms with Crippen molar-refractivity contribution < 1.29 is 27.8 Å². The molecule has 0 saturated carbocycles. The summed E-state index contributed by atoms with van der Waals surface area (Å²) in [5.74, 6) is 5.43. The summed E-state index contributed by atoms with van der Waals surface area (Å²) in [4.78, 5) is 12.2. The van der Waals surface area contributed by atoms with Gasteiger partial charge in [-0.05, 0) is 55.8 Å². The lowest BCUT2D eigenvalue weighted by atomic mass is 10.0. The first kappa shape index (κ1) is 27.8. The summed E-state index contributed by atoms with van der Waals surface area (Å²) in [6.07, 6.45) is -0.0310. The van der Waals surface area contributed by atoms with E-state index in [-0.39, 0.29) is 17.9 Å². The second-order valence-electron chi connectivity index (χ2n) is 8.88. The number of nitrogens with zero attached hydrogens (tertiary/aromatic N) is 1. The number of methoxy groups -OCH3 is 1. The van der Waals surface area contributed by atoms with Crippen LogP contribution in [0.2, 0.25) is 0 Å². The monoisotopic (exact) mass is 546 g/mol. The summed E-state index contributed by atoms with van der Waals surface area (Å²) in [5.41, 5.74) is 3.51. The van der Waals surface area contributed by atoms with Crippen molar-refractivity contribution in [1.29, 1.82) is 0 Å². The average molecular weight is 547 g/mol. The number of ether oxygens (including phenoxy) is 2. The molecule has 1 aromatic heterocycles. The Morgan fingerprint density at radius 3 is 2.44 bits per heavy atom. The fraction of sp³-hybridized carbons (Fsp3) is 0.233. The molecule has 1 heterocycles. The van der Waals surface area contributed by atoms with Crippen LogP contribution in [0, 0.1) is 18.8 Å². The first-order chi connectivity index (χ1) is 18.7. The molecule has 4 aromatic rings. The lowest BCUT2D eigenvalue weighted by Crippen LogP contribution is -2.42. The molecule has 0 aliphatic carbocycles. The Kier molecular flexibility index (Phi) is 8.59. The number of hydrogen-bond donors (Lipinski definition) is 2. The molecule has 3 aromatic carbocycles. The lowest BCUT2D eigenvalue weighted by molar-refractivity contribution is -0.138. The van der Waals surface area contributed by atoms with Gasteiger partial charge in [-0.1, -0.05) is 42.3 Å². The molecular formula is C30H30N2O6S. The third-order valence-electron chi connectivity index (χ3n) is 6.51. The Labute approximate surface area is 228 Å². The number of carboxylic acids is 1. The van der Waals surface area contributed by atoms with E-state index in [2.05, 4.69) is 21.1 Å². The highest BCUT2D eigenvalue weighted by Gasteiger charge is 2.28. The maximum Gasteiger partial charge on any atom is 0.322 e. The molecule has 0 bridgehead atoms. The summed E-state index contributed by atoms with van der Waals surface area (Å²) in [6, 6.07) is 19.8. The van der Waals surface area contributed by atoms with Crippen molar-refractivity contribution in [3.05, 3.63) is 89.6 Å².